The first-order chi connectivity index (χ1) is 20.7. The number of nitrogens with one attached hydrogen (secondary N) is 1. The molecule has 1 N–H and O–H groups in total. The minimum Gasteiger partial charge on any atom is -0.495 e. The fraction of sp³-hybridized carbons (Fsp3) is 0.194. The normalized spacial score (nSPS) is 17.3. The Labute approximate surface area is 258 Å². The Morgan fingerprint density at radius 3 is 2.53 bits per heavy atom. The maximum atomic E-state index is 15.2. The molecule has 2 amide bonds. The predicted molar refractivity (Wildman–Crippen MR) is 161 cm³/mol. The van der Waals surface area contributed by atoms with E-state index in [1.807, 2.05) is 16.7 Å². The van der Waals surface area contributed by atoms with Gasteiger partial charge in [0.05, 0.1) is 28.4 Å². The number of thioether (sulfide) groups is 2. The van der Waals surface area contributed by atoms with Gasteiger partial charge in [-0.2, -0.15) is 0 Å². The first kappa shape index (κ1) is 29.4. The van der Waals surface area contributed by atoms with Crippen molar-refractivity contribution in [2.24, 2.45) is 0 Å². The second-order valence-electron chi connectivity index (χ2n) is 9.98. The Balaban J connectivity index is 1.37. The van der Waals surface area contributed by atoms with Crippen LogP contribution in [-0.2, 0) is 17.0 Å². The number of methoxy groups -OCH3 is 1. The number of hydrogen-bond donors (Lipinski definition) is 1. The van der Waals surface area contributed by atoms with Gasteiger partial charge in [0, 0.05) is 22.9 Å². The van der Waals surface area contributed by atoms with E-state index in [2.05, 4.69) is 5.32 Å². The molecule has 2 aliphatic rings. The molecule has 0 saturated carbocycles. The van der Waals surface area contributed by atoms with Gasteiger partial charge in [-0.1, -0.05) is 29.4 Å². The molecule has 43 heavy (non-hydrogen) atoms. The Morgan fingerprint density at radius 2 is 1.86 bits per heavy atom. The molecule has 1 aromatic heterocycles. The summed E-state index contributed by atoms with van der Waals surface area (Å²) in [7, 11) is 1.56. The van der Waals surface area contributed by atoms with Crippen LogP contribution in [0.5, 0.6) is 5.75 Å². The highest BCUT2D eigenvalue weighted by molar-refractivity contribution is 8.18. The van der Waals surface area contributed by atoms with Crippen molar-refractivity contribution in [1.82, 2.24) is 14.9 Å². The van der Waals surface area contributed by atoms with Crippen molar-refractivity contribution >= 4 is 52.3 Å². The molecule has 0 spiro atoms. The lowest BCUT2D eigenvalue weighted by atomic mass is 9.84. The van der Waals surface area contributed by atoms with E-state index in [4.69, 9.17) is 21.3 Å². The van der Waals surface area contributed by atoms with E-state index < -0.39 is 22.8 Å². The van der Waals surface area contributed by atoms with Crippen molar-refractivity contribution in [3.8, 4) is 11.4 Å². The van der Waals surface area contributed by atoms with Gasteiger partial charge in [0.2, 0.25) is 0 Å². The molecule has 0 bridgehead atoms. The first-order valence-electron chi connectivity index (χ1n) is 13.3. The second-order valence-corrected chi connectivity index (χ2v) is 12.3. The summed E-state index contributed by atoms with van der Waals surface area (Å²) in [5, 5.41) is 2.59. The number of aryl methyl sites for hydroxylation is 1. The van der Waals surface area contributed by atoms with Gasteiger partial charge in [-0.05, 0) is 96.8 Å². The Bertz CT molecular complexity index is 1770. The monoisotopic (exact) mass is 641 g/mol. The van der Waals surface area contributed by atoms with Crippen LogP contribution in [0.3, 0.4) is 0 Å². The summed E-state index contributed by atoms with van der Waals surface area (Å²) in [6, 6.07) is 13.9. The molecular weight excluding hydrogens is 619 g/mol. The Hall–Kier alpha value is -3.67. The lowest BCUT2D eigenvalue weighted by Gasteiger charge is -2.26. The number of ether oxygens (including phenoxy) is 1. The van der Waals surface area contributed by atoms with Crippen LogP contribution >= 0.6 is 35.1 Å². The Kier molecular flexibility index (Phi) is 8.30. The van der Waals surface area contributed by atoms with E-state index in [0.717, 1.165) is 48.3 Å². The minimum atomic E-state index is -0.787. The summed E-state index contributed by atoms with van der Waals surface area (Å²) in [6.45, 7) is 0. The maximum absolute atomic E-state index is 15.2. The van der Waals surface area contributed by atoms with E-state index in [1.165, 1.54) is 30.0 Å². The smallest absolute Gasteiger partial charge is 0.290 e. The highest BCUT2D eigenvalue weighted by atomic mass is 35.5. The first-order valence-corrected chi connectivity index (χ1v) is 15.5. The fourth-order valence-electron chi connectivity index (χ4n) is 5.31. The molecule has 1 aliphatic carbocycles. The standard InChI is InChI=1S/C31H23ClF3N3O3S2/c1-41-26-14-17(5-10-22(26)32)20-3-2-4-25-28(20)38(19-8-6-18(33)7-9-19)30(36-25)42-15-21-23(34)11-16(12-24(21)35)13-27-29(39)37-31(40)43-27/h5-14,20H,2-4,15H2,1H3,(H,37,39,40)/b27-13-. The van der Waals surface area contributed by atoms with Gasteiger partial charge in [-0.3, -0.25) is 19.5 Å². The van der Waals surface area contributed by atoms with Gasteiger partial charge >= 0.3 is 0 Å². The van der Waals surface area contributed by atoms with E-state index in [1.54, 1.807) is 25.3 Å². The van der Waals surface area contributed by atoms with E-state index in [-0.39, 0.29) is 33.5 Å². The maximum Gasteiger partial charge on any atom is 0.290 e. The average molecular weight is 642 g/mol. The van der Waals surface area contributed by atoms with E-state index >= 15 is 8.78 Å². The number of amides is 2. The molecule has 1 fully saturated rings. The minimum absolute atomic E-state index is 0.0608. The number of carbonyl (C=O) groups is 2. The van der Waals surface area contributed by atoms with Crippen molar-refractivity contribution in [3.05, 3.63) is 110 Å². The molecule has 0 radical (unpaired) electrons. The number of imidazole rings is 1. The molecule has 4 aromatic rings. The molecule has 1 atom stereocenters. The number of fused-ring (bicyclic) bond motifs is 1. The zero-order valence-corrected chi connectivity index (χ0v) is 25.0. The van der Waals surface area contributed by atoms with Gasteiger partial charge in [-0.15, -0.1) is 0 Å². The van der Waals surface area contributed by atoms with Crippen LogP contribution in [0.4, 0.5) is 18.0 Å². The van der Waals surface area contributed by atoms with Crippen molar-refractivity contribution in [2.75, 3.05) is 7.11 Å². The summed E-state index contributed by atoms with van der Waals surface area (Å²) in [4.78, 5) is 28.2. The van der Waals surface area contributed by atoms with Crippen molar-refractivity contribution < 1.29 is 27.5 Å². The van der Waals surface area contributed by atoms with Crippen molar-refractivity contribution in [1.29, 1.82) is 0 Å². The largest absolute Gasteiger partial charge is 0.495 e. The molecule has 220 valence electrons. The van der Waals surface area contributed by atoms with Gasteiger partial charge in [-0.25, -0.2) is 18.2 Å². The molecule has 12 heteroatoms. The molecule has 3 aromatic carbocycles. The second kappa shape index (κ2) is 12.1. The van der Waals surface area contributed by atoms with Gasteiger partial charge in [0.1, 0.15) is 23.2 Å². The summed E-state index contributed by atoms with van der Waals surface area (Å²) in [5.41, 5.74) is 3.42. The number of halogens is 4. The third kappa shape index (κ3) is 5.93. The highest BCUT2D eigenvalue weighted by Crippen LogP contribution is 2.43. The summed E-state index contributed by atoms with van der Waals surface area (Å²) < 4.78 is 51.7. The van der Waals surface area contributed by atoms with Crippen molar-refractivity contribution in [3.63, 3.8) is 0 Å². The fourth-order valence-corrected chi connectivity index (χ4v) is 7.25. The van der Waals surface area contributed by atoms with Crippen LogP contribution in [0.25, 0.3) is 11.8 Å². The van der Waals surface area contributed by atoms with Crippen LogP contribution in [-0.4, -0.2) is 27.8 Å². The molecule has 2 heterocycles. The van der Waals surface area contributed by atoms with Crippen LogP contribution in [0.1, 0.15) is 46.8 Å². The van der Waals surface area contributed by atoms with E-state index in [9.17, 15) is 14.0 Å². The quantitative estimate of drug-likeness (QED) is 0.163. The number of imide groups is 1. The number of benzene rings is 3. The third-order valence-corrected chi connectivity index (χ3v) is 9.39. The molecule has 6 rings (SSSR count). The highest BCUT2D eigenvalue weighted by Gasteiger charge is 2.31. The van der Waals surface area contributed by atoms with Gasteiger partial charge < -0.3 is 4.74 Å². The lowest BCUT2D eigenvalue weighted by molar-refractivity contribution is -0.115. The molecule has 1 unspecified atom stereocenters. The zero-order valence-electron chi connectivity index (χ0n) is 22.6. The third-order valence-electron chi connectivity index (χ3n) is 7.31. The number of nitrogens with zero attached hydrogens (tertiary/aromatic N) is 2. The van der Waals surface area contributed by atoms with Crippen LogP contribution in [0.15, 0.2) is 64.7 Å². The number of hydrogen-bond acceptors (Lipinski definition) is 6. The van der Waals surface area contributed by atoms with Crippen LogP contribution < -0.4 is 10.1 Å². The molecule has 6 nitrogen and oxygen atoms in total. The van der Waals surface area contributed by atoms with Crippen LogP contribution in [0.2, 0.25) is 5.02 Å². The van der Waals surface area contributed by atoms with Gasteiger partial charge in [0.15, 0.2) is 5.16 Å². The zero-order chi connectivity index (χ0) is 30.2. The molecular formula is C31H23ClF3N3O3S2. The SMILES string of the molecule is COc1cc(C2CCCc3nc(SCc4c(F)cc(/C=C5\SC(=O)NC5=O)cc4F)n(-c4ccc(F)cc4)c32)ccc1Cl. The van der Waals surface area contributed by atoms with Crippen molar-refractivity contribution in [2.45, 2.75) is 36.1 Å². The number of aromatic nitrogens is 2. The van der Waals surface area contributed by atoms with Gasteiger partial charge in [0.25, 0.3) is 11.1 Å². The molecule has 1 aliphatic heterocycles. The predicted octanol–water partition coefficient (Wildman–Crippen LogP) is 8.04. The lowest BCUT2D eigenvalue weighted by Crippen LogP contribution is -2.17. The summed E-state index contributed by atoms with van der Waals surface area (Å²) in [5.74, 6) is -2.16. The summed E-state index contributed by atoms with van der Waals surface area (Å²) >= 11 is 8.14. The Morgan fingerprint density at radius 1 is 1.12 bits per heavy atom. The summed E-state index contributed by atoms with van der Waals surface area (Å²) in [6.07, 6.45) is 3.71. The molecule has 1 saturated heterocycles. The average Bonchev–Trinajstić information content (AvgIpc) is 3.51. The van der Waals surface area contributed by atoms with E-state index in [0.29, 0.717) is 33.4 Å². The number of carbonyl (C=O) groups excluding carboxylic acids is 2. The number of rotatable bonds is 7. The van der Waals surface area contributed by atoms with Crippen LogP contribution in [0, 0.1) is 17.5 Å². The topological polar surface area (TPSA) is 73.2 Å².